The van der Waals surface area contributed by atoms with Crippen LogP contribution in [0.25, 0.3) is 22.6 Å². The van der Waals surface area contributed by atoms with E-state index < -0.39 is 0 Å². The van der Waals surface area contributed by atoms with Gasteiger partial charge in [0.25, 0.3) is 0 Å². The summed E-state index contributed by atoms with van der Waals surface area (Å²) >= 11 is 0. The number of fused-ring (bicyclic) bond motifs is 1. The van der Waals surface area contributed by atoms with Gasteiger partial charge in [-0.3, -0.25) is 0 Å². The van der Waals surface area contributed by atoms with Gasteiger partial charge in [-0.05, 0) is 30.7 Å². The Hall–Kier alpha value is -2.56. The van der Waals surface area contributed by atoms with Crippen molar-refractivity contribution in [1.82, 2.24) is 15.0 Å². The van der Waals surface area contributed by atoms with Crippen LogP contribution in [-0.2, 0) is 0 Å². The molecule has 0 saturated heterocycles. The van der Waals surface area contributed by atoms with Gasteiger partial charge in [-0.2, -0.15) is 0 Å². The number of hydrogen-bond donors (Lipinski definition) is 1. The Morgan fingerprint density at radius 1 is 1.10 bits per heavy atom. The van der Waals surface area contributed by atoms with Crippen molar-refractivity contribution < 1.29 is 9.47 Å². The number of aryl methyl sites for hydroxylation is 1. The van der Waals surface area contributed by atoms with Crippen molar-refractivity contribution >= 4 is 11.2 Å². The third-order valence-corrected chi connectivity index (χ3v) is 3.14. The summed E-state index contributed by atoms with van der Waals surface area (Å²) in [5, 5.41) is 0. The molecule has 0 amide bonds. The molecule has 0 unspecified atom stereocenters. The number of aromatic amines is 1. The van der Waals surface area contributed by atoms with Gasteiger partial charge in [-0.15, -0.1) is 0 Å². The van der Waals surface area contributed by atoms with Crippen LogP contribution in [0.3, 0.4) is 0 Å². The maximum atomic E-state index is 5.40. The zero-order valence-corrected chi connectivity index (χ0v) is 11.6. The first-order chi connectivity index (χ1) is 9.72. The lowest BCUT2D eigenvalue weighted by Crippen LogP contribution is -1.93. The molecule has 0 aliphatic heterocycles. The first-order valence-corrected chi connectivity index (χ1v) is 6.26. The van der Waals surface area contributed by atoms with Crippen LogP contribution in [0.2, 0.25) is 0 Å². The highest BCUT2D eigenvalue weighted by atomic mass is 16.5. The molecule has 102 valence electrons. The first-order valence-electron chi connectivity index (χ1n) is 6.26. The van der Waals surface area contributed by atoms with E-state index in [0.717, 1.165) is 16.6 Å². The van der Waals surface area contributed by atoms with Gasteiger partial charge in [0.05, 0.1) is 19.7 Å². The highest BCUT2D eigenvalue weighted by Crippen LogP contribution is 2.37. The van der Waals surface area contributed by atoms with Crippen LogP contribution < -0.4 is 9.47 Å². The molecular formula is C15H15N3O2. The molecular weight excluding hydrogens is 254 g/mol. The van der Waals surface area contributed by atoms with Gasteiger partial charge in [-0.25, -0.2) is 9.97 Å². The lowest BCUT2D eigenvalue weighted by atomic mass is 10.1. The number of nitrogens with one attached hydrogen (secondary N) is 1. The molecule has 5 nitrogen and oxygen atoms in total. The van der Waals surface area contributed by atoms with Crippen molar-refractivity contribution in [2.24, 2.45) is 0 Å². The second-order valence-corrected chi connectivity index (χ2v) is 4.51. The Bertz CT molecular complexity index is 743. The Kier molecular flexibility index (Phi) is 3.02. The maximum Gasteiger partial charge on any atom is 0.178 e. The van der Waals surface area contributed by atoms with E-state index in [1.54, 1.807) is 20.4 Å². The number of hydrogen-bond acceptors (Lipinski definition) is 4. The number of methoxy groups -OCH3 is 2. The van der Waals surface area contributed by atoms with Gasteiger partial charge in [0.1, 0.15) is 22.9 Å². The van der Waals surface area contributed by atoms with E-state index in [1.165, 1.54) is 0 Å². The Labute approximate surface area is 116 Å². The van der Waals surface area contributed by atoms with Crippen molar-refractivity contribution in [3.8, 4) is 22.9 Å². The Balaban J connectivity index is 2.24. The Morgan fingerprint density at radius 2 is 1.80 bits per heavy atom. The fourth-order valence-electron chi connectivity index (χ4n) is 2.21. The van der Waals surface area contributed by atoms with Gasteiger partial charge >= 0.3 is 0 Å². The molecule has 3 rings (SSSR count). The van der Waals surface area contributed by atoms with Gasteiger partial charge in [-0.1, -0.05) is 6.07 Å². The molecule has 0 fully saturated rings. The van der Waals surface area contributed by atoms with Gasteiger partial charge < -0.3 is 14.5 Å². The molecule has 0 aliphatic carbocycles. The van der Waals surface area contributed by atoms with Crippen LogP contribution in [-0.4, -0.2) is 29.2 Å². The summed E-state index contributed by atoms with van der Waals surface area (Å²) < 4.78 is 10.8. The molecule has 0 spiro atoms. The third kappa shape index (κ3) is 1.97. The average Bonchev–Trinajstić information content (AvgIpc) is 2.88. The number of ether oxygens (including phenoxy) is 2. The van der Waals surface area contributed by atoms with Crippen molar-refractivity contribution in [2.75, 3.05) is 14.2 Å². The molecule has 0 saturated carbocycles. The van der Waals surface area contributed by atoms with Gasteiger partial charge in [0.2, 0.25) is 0 Å². The summed E-state index contributed by atoms with van der Waals surface area (Å²) in [5.41, 5.74) is 3.46. The number of rotatable bonds is 3. The minimum atomic E-state index is 0.679. The predicted octanol–water partition coefficient (Wildman–Crippen LogP) is 2.95. The lowest BCUT2D eigenvalue weighted by molar-refractivity contribution is 0.397. The second-order valence-electron chi connectivity index (χ2n) is 4.51. The monoisotopic (exact) mass is 269 g/mol. The molecule has 20 heavy (non-hydrogen) atoms. The molecule has 0 radical (unpaired) electrons. The van der Waals surface area contributed by atoms with E-state index in [4.69, 9.17) is 9.47 Å². The number of pyridine rings is 1. The third-order valence-electron chi connectivity index (χ3n) is 3.14. The number of H-pyrrole nitrogens is 1. The van der Waals surface area contributed by atoms with E-state index >= 15 is 0 Å². The SMILES string of the molecule is COc1cccc(OC)c1-c1nc2ncc(C)cc2[nH]1. The smallest absolute Gasteiger partial charge is 0.178 e. The fraction of sp³-hybridized carbons (Fsp3) is 0.200. The minimum Gasteiger partial charge on any atom is -0.496 e. The maximum absolute atomic E-state index is 5.40. The van der Waals surface area contributed by atoms with Crippen LogP contribution in [0.1, 0.15) is 5.56 Å². The quantitative estimate of drug-likeness (QED) is 0.794. The van der Waals surface area contributed by atoms with Crippen LogP contribution in [0.15, 0.2) is 30.5 Å². The molecule has 0 aliphatic rings. The topological polar surface area (TPSA) is 60.0 Å². The summed E-state index contributed by atoms with van der Waals surface area (Å²) in [4.78, 5) is 12.1. The van der Waals surface area contributed by atoms with E-state index in [9.17, 15) is 0 Å². The van der Waals surface area contributed by atoms with E-state index in [0.29, 0.717) is 23.0 Å². The number of imidazole rings is 1. The van der Waals surface area contributed by atoms with Crippen molar-refractivity contribution in [2.45, 2.75) is 6.92 Å². The van der Waals surface area contributed by atoms with Crippen LogP contribution in [0.4, 0.5) is 0 Å². The normalized spacial score (nSPS) is 10.8. The summed E-state index contributed by atoms with van der Waals surface area (Å²) in [5.74, 6) is 2.10. The summed E-state index contributed by atoms with van der Waals surface area (Å²) in [6, 6.07) is 7.65. The number of benzene rings is 1. The molecule has 2 aromatic heterocycles. The molecule has 0 atom stereocenters. The first kappa shape index (κ1) is 12.5. The predicted molar refractivity (Wildman–Crippen MR) is 77.2 cm³/mol. The highest BCUT2D eigenvalue weighted by molar-refractivity contribution is 5.80. The standard InChI is InChI=1S/C15H15N3O2/c1-9-7-10-14(16-8-9)18-15(17-10)13-11(19-2)5-4-6-12(13)20-3/h4-8H,1-3H3,(H,16,17,18). The molecule has 5 heteroatoms. The zero-order chi connectivity index (χ0) is 14.1. The lowest BCUT2D eigenvalue weighted by Gasteiger charge is -2.10. The summed E-state index contributed by atoms with van der Waals surface area (Å²) in [6.07, 6.45) is 1.80. The van der Waals surface area contributed by atoms with E-state index in [2.05, 4.69) is 15.0 Å². The number of aromatic nitrogens is 3. The zero-order valence-electron chi connectivity index (χ0n) is 11.6. The largest absolute Gasteiger partial charge is 0.496 e. The molecule has 2 heterocycles. The van der Waals surface area contributed by atoms with Crippen LogP contribution in [0, 0.1) is 6.92 Å². The molecule has 1 aromatic carbocycles. The van der Waals surface area contributed by atoms with Crippen molar-refractivity contribution in [1.29, 1.82) is 0 Å². The van der Waals surface area contributed by atoms with E-state index in [-0.39, 0.29) is 0 Å². The minimum absolute atomic E-state index is 0.679. The second kappa shape index (κ2) is 4.85. The van der Waals surface area contributed by atoms with Gasteiger partial charge in [0, 0.05) is 6.20 Å². The Morgan fingerprint density at radius 3 is 2.45 bits per heavy atom. The van der Waals surface area contributed by atoms with E-state index in [1.807, 2.05) is 31.2 Å². The fourth-order valence-corrected chi connectivity index (χ4v) is 2.21. The highest BCUT2D eigenvalue weighted by Gasteiger charge is 2.16. The van der Waals surface area contributed by atoms with Gasteiger partial charge in [0.15, 0.2) is 5.65 Å². The molecule has 3 aromatic rings. The summed E-state index contributed by atoms with van der Waals surface area (Å²) in [6.45, 7) is 2.00. The van der Waals surface area contributed by atoms with Crippen molar-refractivity contribution in [3.63, 3.8) is 0 Å². The number of nitrogens with zero attached hydrogens (tertiary/aromatic N) is 2. The van der Waals surface area contributed by atoms with Crippen LogP contribution >= 0.6 is 0 Å². The van der Waals surface area contributed by atoms with Crippen molar-refractivity contribution in [3.05, 3.63) is 36.0 Å². The molecule has 0 bridgehead atoms. The summed E-state index contributed by atoms with van der Waals surface area (Å²) in [7, 11) is 3.26. The van der Waals surface area contributed by atoms with Crippen LogP contribution in [0.5, 0.6) is 11.5 Å². The average molecular weight is 269 g/mol. The molecule has 1 N–H and O–H groups in total.